The van der Waals surface area contributed by atoms with E-state index >= 15 is 0 Å². The number of benzene rings is 2. The molecule has 0 saturated heterocycles. The summed E-state index contributed by atoms with van der Waals surface area (Å²) >= 11 is 1.31. The highest BCUT2D eigenvalue weighted by molar-refractivity contribution is 7.99. The molecule has 4 aromatic rings. The Labute approximate surface area is 202 Å². The SMILES string of the molecule is COc1ccc(CCn2c(C)cc(C(=O)CSc3nnnn3-c3ccccc3OC)c2C)cc1. The molecule has 0 aliphatic rings. The molecule has 8 nitrogen and oxygen atoms in total. The maximum Gasteiger partial charge on any atom is 0.214 e. The molecule has 0 radical (unpaired) electrons. The maximum absolute atomic E-state index is 13.1. The first-order valence-electron chi connectivity index (χ1n) is 10.9. The molecule has 0 atom stereocenters. The third kappa shape index (κ3) is 4.99. The van der Waals surface area contributed by atoms with Crippen LogP contribution in [0.5, 0.6) is 11.5 Å². The Morgan fingerprint density at radius 2 is 1.79 bits per heavy atom. The van der Waals surface area contributed by atoms with Crippen molar-refractivity contribution in [1.29, 1.82) is 0 Å². The first-order chi connectivity index (χ1) is 16.5. The second-order valence-electron chi connectivity index (χ2n) is 7.79. The molecule has 0 saturated carbocycles. The number of carbonyl (C=O) groups excluding carboxylic acids is 1. The van der Waals surface area contributed by atoms with Gasteiger partial charge in [-0.3, -0.25) is 4.79 Å². The molecule has 4 rings (SSSR count). The number of rotatable bonds is 10. The standard InChI is InChI=1S/C25H27N5O3S/c1-17-15-21(18(2)29(17)14-13-19-9-11-20(32-3)12-10-19)23(31)16-34-25-26-27-28-30(25)22-7-5-6-8-24(22)33-4/h5-12,15H,13-14,16H2,1-4H3. The highest BCUT2D eigenvalue weighted by atomic mass is 32.2. The number of carbonyl (C=O) groups is 1. The summed E-state index contributed by atoms with van der Waals surface area (Å²) in [4.78, 5) is 13.1. The van der Waals surface area contributed by atoms with Gasteiger partial charge in [0.15, 0.2) is 5.78 Å². The van der Waals surface area contributed by atoms with Gasteiger partial charge in [0.2, 0.25) is 5.16 Å². The fourth-order valence-electron chi connectivity index (χ4n) is 3.89. The highest BCUT2D eigenvalue weighted by Crippen LogP contribution is 2.27. The van der Waals surface area contributed by atoms with E-state index in [1.807, 2.05) is 56.3 Å². The Kier molecular flexibility index (Phi) is 7.32. The van der Waals surface area contributed by atoms with Crippen LogP contribution in [-0.4, -0.2) is 50.5 Å². The van der Waals surface area contributed by atoms with E-state index in [4.69, 9.17) is 9.47 Å². The van der Waals surface area contributed by atoms with Gasteiger partial charge in [0.25, 0.3) is 0 Å². The summed E-state index contributed by atoms with van der Waals surface area (Å²) in [7, 11) is 3.27. The van der Waals surface area contributed by atoms with Crippen LogP contribution in [0, 0.1) is 13.8 Å². The van der Waals surface area contributed by atoms with Gasteiger partial charge < -0.3 is 14.0 Å². The van der Waals surface area contributed by atoms with E-state index in [-0.39, 0.29) is 11.5 Å². The smallest absolute Gasteiger partial charge is 0.214 e. The molecule has 0 aliphatic heterocycles. The monoisotopic (exact) mass is 477 g/mol. The van der Waals surface area contributed by atoms with Crippen molar-refractivity contribution in [3.8, 4) is 17.2 Å². The van der Waals surface area contributed by atoms with Gasteiger partial charge >= 0.3 is 0 Å². The van der Waals surface area contributed by atoms with Crippen molar-refractivity contribution in [1.82, 2.24) is 24.8 Å². The molecular formula is C25H27N5O3S. The molecule has 0 fully saturated rings. The number of ether oxygens (including phenoxy) is 2. The number of tetrazole rings is 1. The van der Waals surface area contributed by atoms with Crippen LogP contribution in [0.1, 0.15) is 27.3 Å². The van der Waals surface area contributed by atoms with E-state index < -0.39 is 0 Å². The molecule has 0 bridgehead atoms. The highest BCUT2D eigenvalue weighted by Gasteiger charge is 2.19. The Balaban J connectivity index is 1.44. The Morgan fingerprint density at radius 1 is 1.03 bits per heavy atom. The van der Waals surface area contributed by atoms with Crippen LogP contribution in [0.25, 0.3) is 5.69 Å². The summed E-state index contributed by atoms with van der Waals surface area (Å²) < 4.78 is 14.4. The van der Waals surface area contributed by atoms with Crippen molar-refractivity contribution >= 4 is 17.5 Å². The fraction of sp³-hybridized carbons (Fsp3) is 0.280. The number of Topliss-reactive ketones (excluding diaryl/α,β-unsaturated/α-hetero) is 1. The van der Waals surface area contributed by atoms with Gasteiger partial charge in [0.05, 0.1) is 20.0 Å². The number of ketones is 1. The predicted molar refractivity (Wildman–Crippen MR) is 131 cm³/mol. The summed E-state index contributed by atoms with van der Waals surface area (Å²) in [5, 5.41) is 12.5. The number of methoxy groups -OCH3 is 2. The first kappa shape index (κ1) is 23.6. The topological polar surface area (TPSA) is 84.1 Å². The van der Waals surface area contributed by atoms with Crippen molar-refractivity contribution < 1.29 is 14.3 Å². The van der Waals surface area contributed by atoms with Crippen LogP contribution >= 0.6 is 11.8 Å². The third-order valence-electron chi connectivity index (χ3n) is 5.74. The van der Waals surface area contributed by atoms with Gasteiger partial charge in [-0.1, -0.05) is 36.0 Å². The van der Waals surface area contributed by atoms with Gasteiger partial charge in [-0.05, 0) is 66.6 Å². The lowest BCUT2D eigenvalue weighted by atomic mass is 10.1. The zero-order valence-corrected chi connectivity index (χ0v) is 20.5. The number of hydrogen-bond acceptors (Lipinski definition) is 7. The normalized spacial score (nSPS) is 10.9. The zero-order valence-electron chi connectivity index (χ0n) is 19.7. The molecule has 2 aromatic heterocycles. The van der Waals surface area contributed by atoms with Crippen LogP contribution < -0.4 is 9.47 Å². The second-order valence-corrected chi connectivity index (χ2v) is 8.73. The second kappa shape index (κ2) is 10.6. The molecule has 9 heteroatoms. The molecular weight excluding hydrogens is 450 g/mol. The van der Waals surface area contributed by atoms with Gasteiger partial charge in [-0.15, -0.1) is 5.10 Å². The van der Waals surface area contributed by atoms with Gasteiger partial charge in [-0.25, -0.2) is 0 Å². The fourth-order valence-corrected chi connectivity index (χ4v) is 4.66. The Morgan fingerprint density at radius 3 is 2.53 bits per heavy atom. The number of aromatic nitrogens is 5. The van der Waals surface area contributed by atoms with E-state index in [2.05, 4.69) is 32.2 Å². The lowest BCUT2D eigenvalue weighted by Gasteiger charge is -2.10. The summed E-state index contributed by atoms with van der Waals surface area (Å²) in [5.41, 5.74) is 4.72. The molecule has 2 aromatic carbocycles. The molecule has 2 heterocycles. The predicted octanol–water partition coefficient (Wildman–Crippen LogP) is 4.32. The molecule has 0 N–H and O–H groups in total. The van der Waals surface area contributed by atoms with Crippen molar-refractivity contribution in [3.63, 3.8) is 0 Å². The van der Waals surface area contributed by atoms with Crippen molar-refractivity contribution in [2.24, 2.45) is 0 Å². The van der Waals surface area contributed by atoms with Crippen molar-refractivity contribution in [2.75, 3.05) is 20.0 Å². The van der Waals surface area contributed by atoms with Gasteiger partial charge in [0.1, 0.15) is 17.2 Å². The number of hydrogen-bond donors (Lipinski definition) is 0. The van der Waals surface area contributed by atoms with Gasteiger partial charge in [-0.2, -0.15) is 4.68 Å². The molecule has 0 aliphatic carbocycles. The van der Waals surface area contributed by atoms with E-state index in [0.29, 0.717) is 10.9 Å². The Hall–Kier alpha value is -3.59. The van der Waals surface area contributed by atoms with Crippen molar-refractivity contribution in [2.45, 2.75) is 32.0 Å². The average Bonchev–Trinajstić information content (AvgIpc) is 3.45. The van der Waals surface area contributed by atoms with Crippen LogP contribution in [0.4, 0.5) is 0 Å². The minimum Gasteiger partial charge on any atom is -0.497 e. The minimum atomic E-state index is 0.0448. The Bertz CT molecular complexity index is 1280. The van der Waals surface area contributed by atoms with E-state index in [0.717, 1.165) is 41.4 Å². The summed E-state index contributed by atoms with van der Waals surface area (Å²) in [5.74, 6) is 1.78. The number of thioether (sulfide) groups is 1. The maximum atomic E-state index is 13.1. The molecule has 176 valence electrons. The lowest BCUT2D eigenvalue weighted by molar-refractivity contribution is 0.102. The third-order valence-corrected chi connectivity index (χ3v) is 6.66. The summed E-state index contributed by atoms with van der Waals surface area (Å²) in [6.45, 7) is 4.83. The van der Waals surface area contributed by atoms with E-state index in [9.17, 15) is 4.79 Å². The molecule has 0 amide bonds. The van der Waals surface area contributed by atoms with E-state index in [1.54, 1.807) is 18.9 Å². The number of para-hydroxylation sites is 2. The number of nitrogens with zero attached hydrogens (tertiary/aromatic N) is 5. The van der Waals surface area contributed by atoms with Crippen LogP contribution in [0.15, 0.2) is 59.8 Å². The molecule has 0 spiro atoms. The van der Waals surface area contributed by atoms with Crippen molar-refractivity contribution in [3.05, 3.63) is 77.1 Å². The lowest BCUT2D eigenvalue weighted by Crippen LogP contribution is -2.09. The first-order valence-corrected chi connectivity index (χ1v) is 11.9. The molecule has 34 heavy (non-hydrogen) atoms. The largest absolute Gasteiger partial charge is 0.497 e. The molecule has 0 unspecified atom stereocenters. The summed E-state index contributed by atoms with van der Waals surface area (Å²) in [6, 6.07) is 17.5. The van der Waals surface area contributed by atoms with Gasteiger partial charge in [0, 0.05) is 23.5 Å². The van der Waals surface area contributed by atoms with Crippen LogP contribution in [-0.2, 0) is 13.0 Å². The minimum absolute atomic E-state index is 0.0448. The van der Waals surface area contributed by atoms with Crippen LogP contribution in [0.3, 0.4) is 0 Å². The average molecular weight is 478 g/mol. The number of aryl methyl sites for hydroxylation is 2. The quantitative estimate of drug-likeness (QED) is 0.248. The summed E-state index contributed by atoms with van der Waals surface area (Å²) in [6.07, 6.45) is 0.871. The zero-order chi connectivity index (χ0) is 24.1. The van der Waals surface area contributed by atoms with Crippen LogP contribution in [0.2, 0.25) is 0 Å². The van der Waals surface area contributed by atoms with E-state index in [1.165, 1.54) is 17.3 Å².